The summed E-state index contributed by atoms with van der Waals surface area (Å²) in [5.74, 6) is -3.12. The van der Waals surface area contributed by atoms with Crippen molar-refractivity contribution in [2.24, 2.45) is 0 Å². The molecule has 0 bridgehead atoms. The summed E-state index contributed by atoms with van der Waals surface area (Å²) in [5, 5.41) is 18.4. The highest BCUT2D eigenvalue weighted by Gasteiger charge is 2.17. The van der Waals surface area contributed by atoms with Crippen LogP contribution < -0.4 is 5.48 Å². The van der Waals surface area contributed by atoms with E-state index in [4.69, 9.17) is 5.11 Å². The van der Waals surface area contributed by atoms with Crippen LogP contribution in [0.25, 0.3) is 0 Å². The van der Waals surface area contributed by atoms with Gasteiger partial charge in [-0.1, -0.05) is 0 Å². The number of rotatable bonds is 5. The zero-order chi connectivity index (χ0) is 12.1. The Hall–Kier alpha value is -2.42. The molecular formula is C7H6N2O7. The Morgan fingerprint density at radius 3 is 2.75 bits per heavy atom. The van der Waals surface area contributed by atoms with Gasteiger partial charge >= 0.3 is 17.8 Å². The highest BCUT2D eigenvalue weighted by molar-refractivity contribution is 5.90. The number of furan rings is 1. The van der Waals surface area contributed by atoms with Crippen LogP contribution in [-0.2, 0) is 9.63 Å². The SMILES string of the molecule is O=C(O)CONC(=O)c1ccc([N+](=O)[O-])o1. The fourth-order valence-electron chi connectivity index (χ4n) is 0.762. The van der Waals surface area contributed by atoms with Crippen molar-refractivity contribution < 1.29 is 28.9 Å². The maximum Gasteiger partial charge on any atom is 0.433 e. The second kappa shape index (κ2) is 4.89. The predicted octanol–water partition coefficient (Wildman–Crippen LogP) is -0.0662. The van der Waals surface area contributed by atoms with Gasteiger partial charge in [-0.2, -0.15) is 0 Å². The van der Waals surface area contributed by atoms with Crippen molar-refractivity contribution in [2.45, 2.75) is 0 Å². The fraction of sp³-hybridized carbons (Fsp3) is 0.143. The summed E-state index contributed by atoms with van der Waals surface area (Å²) in [6, 6.07) is 2.06. The van der Waals surface area contributed by atoms with E-state index in [0.29, 0.717) is 0 Å². The van der Waals surface area contributed by atoms with Crippen molar-refractivity contribution >= 4 is 17.8 Å². The maximum atomic E-state index is 11.1. The van der Waals surface area contributed by atoms with Crippen LogP contribution in [0.5, 0.6) is 0 Å². The first kappa shape index (κ1) is 11.7. The van der Waals surface area contributed by atoms with E-state index in [2.05, 4.69) is 9.25 Å². The maximum absolute atomic E-state index is 11.1. The van der Waals surface area contributed by atoms with E-state index in [9.17, 15) is 19.7 Å². The van der Waals surface area contributed by atoms with Gasteiger partial charge in [-0.25, -0.2) is 10.3 Å². The summed E-state index contributed by atoms with van der Waals surface area (Å²) in [5.41, 5.74) is 1.75. The van der Waals surface area contributed by atoms with E-state index in [-0.39, 0.29) is 5.76 Å². The summed E-state index contributed by atoms with van der Waals surface area (Å²) in [7, 11) is 0. The van der Waals surface area contributed by atoms with Gasteiger partial charge in [-0.15, -0.1) is 0 Å². The zero-order valence-corrected chi connectivity index (χ0v) is 7.71. The van der Waals surface area contributed by atoms with E-state index in [0.717, 1.165) is 12.1 Å². The zero-order valence-electron chi connectivity index (χ0n) is 7.71. The van der Waals surface area contributed by atoms with E-state index < -0.39 is 29.3 Å². The number of nitrogens with one attached hydrogen (secondary N) is 1. The molecule has 0 aromatic carbocycles. The van der Waals surface area contributed by atoms with E-state index in [1.807, 2.05) is 0 Å². The minimum atomic E-state index is -1.27. The number of nitrogens with zero attached hydrogens (tertiary/aromatic N) is 1. The molecule has 0 aliphatic carbocycles. The smallest absolute Gasteiger partial charge is 0.433 e. The normalized spacial score (nSPS) is 9.75. The number of aliphatic carboxylic acids is 1. The number of hydroxylamine groups is 1. The highest BCUT2D eigenvalue weighted by Crippen LogP contribution is 2.15. The molecule has 0 saturated carbocycles. The number of hydrogen-bond acceptors (Lipinski definition) is 6. The molecule has 0 fully saturated rings. The molecule has 86 valence electrons. The van der Waals surface area contributed by atoms with Crippen LogP contribution in [0.15, 0.2) is 16.5 Å². The minimum Gasteiger partial charge on any atom is -0.479 e. The lowest BCUT2D eigenvalue weighted by molar-refractivity contribution is -0.402. The Kier molecular flexibility index (Phi) is 3.56. The molecule has 1 amide bonds. The summed E-state index contributed by atoms with van der Waals surface area (Å²) in [4.78, 5) is 34.8. The number of amides is 1. The lowest BCUT2D eigenvalue weighted by atomic mass is 10.4. The number of hydrogen-bond donors (Lipinski definition) is 2. The van der Waals surface area contributed by atoms with Gasteiger partial charge in [0.2, 0.25) is 5.76 Å². The van der Waals surface area contributed by atoms with Crippen molar-refractivity contribution in [3.63, 3.8) is 0 Å². The monoisotopic (exact) mass is 230 g/mol. The lowest BCUT2D eigenvalue weighted by Gasteiger charge is -1.99. The summed E-state index contributed by atoms with van der Waals surface area (Å²) in [6.07, 6.45) is 0. The van der Waals surface area contributed by atoms with Gasteiger partial charge in [-0.05, 0) is 6.07 Å². The Morgan fingerprint density at radius 1 is 1.56 bits per heavy atom. The third-order valence-corrected chi connectivity index (χ3v) is 1.36. The molecule has 0 unspecified atom stereocenters. The van der Waals surface area contributed by atoms with Crippen molar-refractivity contribution in [1.82, 2.24) is 5.48 Å². The Balaban J connectivity index is 2.53. The van der Waals surface area contributed by atoms with Crippen LogP contribution in [0, 0.1) is 10.1 Å². The first-order chi connectivity index (χ1) is 7.50. The number of nitro groups is 1. The van der Waals surface area contributed by atoms with Crippen molar-refractivity contribution in [2.75, 3.05) is 6.61 Å². The largest absolute Gasteiger partial charge is 0.479 e. The number of carboxylic acids is 1. The molecule has 16 heavy (non-hydrogen) atoms. The number of carbonyl (C=O) groups is 2. The van der Waals surface area contributed by atoms with Gasteiger partial charge < -0.3 is 9.52 Å². The number of carbonyl (C=O) groups excluding carboxylic acids is 1. The van der Waals surface area contributed by atoms with Crippen LogP contribution >= 0.6 is 0 Å². The standard InChI is InChI=1S/C7H6N2O7/c10-6(11)3-15-8-7(12)4-1-2-5(16-4)9(13)14/h1-2H,3H2,(H,8,12)(H,10,11). The molecule has 9 heteroatoms. The molecule has 0 atom stereocenters. The first-order valence-electron chi connectivity index (χ1n) is 3.89. The van der Waals surface area contributed by atoms with Gasteiger partial charge in [0.25, 0.3) is 0 Å². The minimum absolute atomic E-state index is 0.350. The second-order valence-electron chi connectivity index (χ2n) is 2.51. The Bertz CT molecular complexity index is 424. The van der Waals surface area contributed by atoms with Crippen LogP contribution in [-0.4, -0.2) is 28.5 Å². The molecule has 1 aromatic heterocycles. The molecule has 0 spiro atoms. The van der Waals surface area contributed by atoms with Gasteiger partial charge in [0.05, 0.1) is 6.07 Å². The molecule has 1 rings (SSSR count). The van der Waals surface area contributed by atoms with Crippen molar-refractivity contribution in [3.05, 3.63) is 28.0 Å². The van der Waals surface area contributed by atoms with Crippen LogP contribution in [0.4, 0.5) is 5.88 Å². The molecule has 2 N–H and O–H groups in total. The van der Waals surface area contributed by atoms with Crippen LogP contribution in [0.1, 0.15) is 10.6 Å². The van der Waals surface area contributed by atoms with E-state index >= 15 is 0 Å². The first-order valence-corrected chi connectivity index (χ1v) is 3.89. The predicted molar refractivity (Wildman–Crippen MR) is 46.4 cm³/mol. The van der Waals surface area contributed by atoms with E-state index in [1.54, 1.807) is 5.48 Å². The Morgan fingerprint density at radius 2 is 2.25 bits per heavy atom. The molecule has 1 heterocycles. The average molecular weight is 230 g/mol. The lowest BCUT2D eigenvalue weighted by Crippen LogP contribution is -2.26. The van der Waals surface area contributed by atoms with Gasteiger partial charge in [0, 0.05) is 0 Å². The number of carboxylic acid groups (broad SMARTS) is 1. The van der Waals surface area contributed by atoms with Crippen molar-refractivity contribution in [1.29, 1.82) is 0 Å². The summed E-state index contributed by atoms with van der Waals surface area (Å²) in [6.45, 7) is -0.728. The molecule has 0 aliphatic heterocycles. The van der Waals surface area contributed by atoms with Crippen LogP contribution in [0.3, 0.4) is 0 Å². The summed E-state index contributed by atoms with van der Waals surface area (Å²) < 4.78 is 4.53. The third kappa shape index (κ3) is 3.06. The van der Waals surface area contributed by atoms with Gasteiger partial charge in [0.15, 0.2) is 6.61 Å². The summed E-state index contributed by atoms with van der Waals surface area (Å²) >= 11 is 0. The fourth-order valence-corrected chi connectivity index (χ4v) is 0.762. The quantitative estimate of drug-likeness (QED) is 0.534. The second-order valence-corrected chi connectivity index (χ2v) is 2.51. The molecule has 1 aromatic rings. The molecule has 0 radical (unpaired) electrons. The van der Waals surface area contributed by atoms with Gasteiger partial charge in [-0.3, -0.25) is 19.7 Å². The molecule has 9 nitrogen and oxygen atoms in total. The van der Waals surface area contributed by atoms with Crippen LogP contribution in [0.2, 0.25) is 0 Å². The molecule has 0 saturated heterocycles. The highest BCUT2D eigenvalue weighted by atomic mass is 16.7. The Labute approximate surface area is 87.7 Å². The van der Waals surface area contributed by atoms with Gasteiger partial charge in [0.1, 0.15) is 4.92 Å². The topological polar surface area (TPSA) is 132 Å². The van der Waals surface area contributed by atoms with Crippen molar-refractivity contribution in [3.8, 4) is 0 Å². The molecule has 0 aliphatic rings. The average Bonchev–Trinajstić information content (AvgIpc) is 2.65. The third-order valence-electron chi connectivity index (χ3n) is 1.36. The molecular weight excluding hydrogens is 224 g/mol. The van der Waals surface area contributed by atoms with E-state index in [1.165, 1.54) is 0 Å².